The first-order valence-corrected chi connectivity index (χ1v) is 17.2. The molecule has 2 aliphatic heterocycles. The molecule has 0 aliphatic carbocycles. The second kappa shape index (κ2) is 15.0. The fourth-order valence-electron chi connectivity index (χ4n) is 6.38. The van der Waals surface area contributed by atoms with Crippen molar-refractivity contribution in [1.29, 1.82) is 0 Å². The SMILES string of the molecule is COCCCN1CCOc2ccc(CO[C@@H]3CN(S(=O)(=O)c4ccc(C)cc4)[C@@H](C[C@@H](C)O)C[C@@H]3c3ccc(OC)cc3)cc21. The maximum Gasteiger partial charge on any atom is 0.243 e. The van der Waals surface area contributed by atoms with Crippen LogP contribution in [0.1, 0.15) is 48.8 Å². The third kappa shape index (κ3) is 7.99. The molecule has 5 rings (SSSR count). The minimum Gasteiger partial charge on any atom is -0.497 e. The van der Waals surface area contributed by atoms with Gasteiger partial charge in [-0.3, -0.25) is 0 Å². The van der Waals surface area contributed by atoms with E-state index in [1.807, 2.05) is 55.5 Å². The van der Waals surface area contributed by atoms with Gasteiger partial charge >= 0.3 is 0 Å². The number of aliphatic hydroxyl groups is 1. The van der Waals surface area contributed by atoms with Crippen LogP contribution in [0.2, 0.25) is 0 Å². The Balaban J connectivity index is 1.44. The first-order chi connectivity index (χ1) is 21.7. The number of ether oxygens (including phenoxy) is 4. The lowest BCUT2D eigenvalue weighted by Gasteiger charge is -2.44. The normalized spacial score (nSPS) is 21.2. The van der Waals surface area contributed by atoms with Crippen LogP contribution in [0, 0.1) is 6.92 Å². The molecule has 0 unspecified atom stereocenters. The number of hydrogen-bond donors (Lipinski definition) is 1. The Kier molecular flexibility index (Phi) is 11.0. The second-order valence-corrected chi connectivity index (χ2v) is 14.0. The van der Waals surface area contributed by atoms with Crippen molar-refractivity contribution in [2.45, 2.75) is 68.8 Å². The highest BCUT2D eigenvalue weighted by molar-refractivity contribution is 7.89. The molecule has 1 fully saturated rings. The highest BCUT2D eigenvalue weighted by Gasteiger charge is 2.43. The molecular formula is C35H46N2O7S. The number of aliphatic hydroxyl groups excluding tert-OH is 1. The summed E-state index contributed by atoms with van der Waals surface area (Å²) in [5, 5.41) is 10.4. The fraction of sp³-hybridized carbons (Fsp3) is 0.486. The van der Waals surface area contributed by atoms with Crippen molar-refractivity contribution in [2.75, 3.05) is 52.0 Å². The van der Waals surface area contributed by atoms with Crippen LogP contribution in [0.4, 0.5) is 5.69 Å². The maximum absolute atomic E-state index is 14.1. The summed E-state index contributed by atoms with van der Waals surface area (Å²) < 4.78 is 53.0. The Bertz CT molecular complexity index is 1500. The van der Waals surface area contributed by atoms with Crippen LogP contribution in [0.25, 0.3) is 0 Å². The maximum atomic E-state index is 14.1. The number of methoxy groups -OCH3 is 2. The quantitative estimate of drug-likeness (QED) is 0.257. The number of rotatable bonds is 13. The Morgan fingerprint density at radius 2 is 1.80 bits per heavy atom. The van der Waals surface area contributed by atoms with E-state index in [1.54, 1.807) is 37.6 Å². The van der Waals surface area contributed by atoms with E-state index in [4.69, 9.17) is 18.9 Å². The number of nitrogens with zero attached hydrogens (tertiary/aromatic N) is 2. The third-order valence-corrected chi connectivity index (χ3v) is 10.7. The predicted molar refractivity (Wildman–Crippen MR) is 175 cm³/mol. The lowest BCUT2D eigenvalue weighted by molar-refractivity contribution is -0.0254. The van der Waals surface area contributed by atoms with Gasteiger partial charge in [-0.15, -0.1) is 0 Å². The fourth-order valence-corrected chi connectivity index (χ4v) is 8.04. The minimum atomic E-state index is -3.85. The van der Waals surface area contributed by atoms with Crippen molar-refractivity contribution in [1.82, 2.24) is 4.31 Å². The predicted octanol–water partition coefficient (Wildman–Crippen LogP) is 5.14. The summed E-state index contributed by atoms with van der Waals surface area (Å²) in [4.78, 5) is 2.56. The van der Waals surface area contributed by atoms with Gasteiger partial charge in [0.1, 0.15) is 18.1 Å². The molecule has 45 heavy (non-hydrogen) atoms. The Morgan fingerprint density at radius 1 is 1.04 bits per heavy atom. The summed E-state index contributed by atoms with van der Waals surface area (Å²) >= 11 is 0. The second-order valence-electron chi connectivity index (χ2n) is 12.1. The van der Waals surface area contributed by atoms with E-state index >= 15 is 0 Å². The first-order valence-electron chi connectivity index (χ1n) is 15.7. The molecule has 9 nitrogen and oxygen atoms in total. The van der Waals surface area contributed by atoms with Gasteiger partial charge < -0.3 is 29.0 Å². The van der Waals surface area contributed by atoms with Crippen LogP contribution in [-0.2, 0) is 26.1 Å². The van der Waals surface area contributed by atoms with Gasteiger partial charge in [-0.1, -0.05) is 35.9 Å². The van der Waals surface area contributed by atoms with Crippen LogP contribution < -0.4 is 14.4 Å². The average molecular weight is 639 g/mol. The van der Waals surface area contributed by atoms with Crippen LogP contribution in [0.3, 0.4) is 0 Å². The molecular weight excluding hydrogens is 592 g/mol. The summed E-state index contributed by atoms with van der Waals surface area (Å²) in [5.74, 6) is 1.52. The van der Waals surface area contributed by atoms with E-state index in [2.05, 4.69) is 11.0 Å². The molecule has 0 saturated carbocycles. The van der Waals surface area contributed by atoms with Gasteiger partial charge in [0.25, 0.3) is 0 Å². The highest BCUT2D eigenvalue weighted by Crippen LogP contribution is 2.39. The van der Waals surface area contributed by atoms with E-state index in [0.29, 0.717) is 32.7 Å². The summed E-state index contributed by atoms with van der Waals surface area (Å²) in [6, 6.07) is 20.6. The monoisotopic (exact) mass is 638 g/mol. The molecule has 244 valence electrons. The number of aryl methyl sites for hydroxylation is 1. The van der Waals surface area contributed by atoms with Crippen LogP contribution in [-0.4, -0.2) is 83.1 Å². The smallest absolute Gasteiger partial charge is 0.243 e. The van der Waals surface area contributed by atoms with Crippen LogP contribution in [0.5, 0.6) is 11.5 Å². The van der Waals surface area contributed by atoms with Crippen molar-refractivity contribution in [2.24, 2.45) is 0 Å². The zero-order valence-corrected chi connectivity index (χ0v) is 27.5. The topological polar surface area (TPSA) is 97.8 Å². The number of benzene rings is 3. The van der Waals surface area contributed by atoms with Gasteiger partial charge in [-0.25, -0.2) is 8.42 Å². The minimum absolute atomic E-state index is 0.0874. The molecule has 1 N–H and O–H groups in total. The zero-order chi connectivity index (χ0) is 32.0. The molecule has 2 heterocycles. The lowest BCUT2D eigenvalue weighted by Crippen LogP contribution is -2.53. The number of piperidine rings is 1. The molecule has 2 aliphatic rings. The van der Waals surface area contributed by atoms with E-state index in [9.17, 15) is 13.5 Å². The largest absolute Gasteiger partial charge is 0.497 e. The zero-order valence-electron chi connectivity index (χ0n) is 26.7. The van der Waals surface area contributed by atoms with E-state index in [-0.39, 0.29) is 17.4 Å². The van der Waals surface area contributed by atoms with Gasteiger partial charge in [0.15, 0.2) is 0 Å². The van der Waals surface area contributed by atoms with Crippen LogP contribution >= 0.6 is 0 Å². The standard InChI is InChI=1S/C35H46N2O7S/c1-25-6-13-31(14-7-25)45(39,40)37-23-35(32(22-29(37)20-26(2)38)28-9-11-30(42-4)12-10-28)44-24-27-8-15-34-33(21-27)36(17-19-43-34)16-5-18-41-3/h6-15,21,26,29,32,35,38H,5,16-20,22-24H2,1-4H3/t26-,29+,32-,35-/m1/s1. The van der Waals surface area contributed by atoms with Gasteiger partial charge in [-0.05, 0) is 80.6 Å². The lowest BCUT2D eigenvalue weighted by atomic mass is 9.82. The Morgan fingerprint density at radius 3 is 2.49 bits per heavy atom. The average Bonchev–Trinajstić information content (AvgIpc) is 3.04. The van der Waals surface area contributed by atoms with Gasteiger partial charge in [0.05, 0.1) is 43.1 Å². The summed E-state index contributed by atoms with van der Waals surface area (Å²) in [6.45, 7) is 7.13. The first kappa shape index (κ1) is 33.2. The van der Waals surface area contributed by atoms with Crippen molar-refractivity contribution in [3.8, 4) is 11.5 Å². The molecule has 1 saturated heterocycles. The Hall–Kier alpha value is -3.15. The molecule has 0 radical (unpaired) electrons. The molecule has 10 heteroatoms. The number of sulfonamides is 1. The van der Waals surface area contributed by atoms with Crippen molar-refractivity contribution < 1.29 is 32.5 Å². The molecule has 4 atom stereocenters. The summed E-state index contributed by atoms with van der Waals surface area (Å²) in [7, 11) is -0.497. The van der Waals surface area contributed by atoms with Crippen LogP contribution in [0.15, 0.2) is 71.6 Å². The van der Waals surface area contributed by atoms with E-state index in [1.165, 1.54) is 0 Å². The summed E-state index contributed by atoms with van der Waals surface area (Å²) in [5.41, 5.74) is 4.06. The number of anilines is 1. The van der Waals surface area contributed by atoms with Gasteiger partial charge in [0.2, 0.25) is 10.0 Å². The van der Waals surface area contributed by atoms with Gasteiger partial charge in [0, 0.05) is 38.8 Å². The van der Waals surface area contributed by atoms with E-state index in [0.717, 1.165) is 53.4 Å². The van der Waals surface area contributed by atoms with E-state index < -0.39 is 28.3 Å². The van der Waals surface area contributed by atoms with Crippen molar-refractivity contribution >= 4 is 15.7 Å². The highest BCUT2D eigenvalue weighted by atomic mass is 32.2. The van der Waals surface area contributed by atoms with Gasteiger partial charge in [-0.2, -0.15) is 4.31 Å². The summed E-state index contributed by atoms with van der Waals surface area (Å²) in [6.07, 6.45) is 0.673. The molecule has 3 aromatic rings. The number of fused-ring (bicyclic) bond motifs is 1. The molecule has 0 amide bonds. The number of hydrogen-bond acceptors (Lipinski definition) is 8. The van der Waals surface area contributed by atoms with Crippen molar-refractivity contribution in [3.05, 3.63) is 83.4 Å². The molecule has 0 spiro atoms. The third-order valence-electron chi connectivity index (χ3n) is 8.75. The molecule has 0 bridgehead atoms. The molecule has 3 aromatic carbocycles. The molecule has 0 aromatic heterocycles. The Labute approximate surface area is 267 Å². The van der Waals surface area contributed by atoms with Crippen molar-refractivity contribution in [3.63, 3.8) is 0 Å².